The number of hydrogen-bond donors (Lipinski definition) is 14. The molecule has 0 aromatic rings. The lowest BCUT2D eigenvalue weighted by Crippen LogP contribution is -2.59. The van der Waals surface area contributed by atoms with Crippen molar-refractivity contribution in [1.82, 2.24) is 63.0 Å². The lowest BCUT2D eigenvalue weighted by molar-refractivity contribution is -0.142. The summed E-state index contributed by atoms with van der Waals surface area (Å²) >= 11 is 0. The molecule has 0 unspecified atom stereocenters. The quantitative estimate of drug-likeness (QED) is 0.0231. The zero-order valence-electron chi connectivity index (χ0n) is 47.6. The van der Waals surface area contributed by atoms with E-state index in [2.05, 4.69) is 66.3 Å². The van der Waals surface area contributed by atoms with E-state index in [0.717, 1.165) is 21.6 Å². The van der Waals surface area contributed by atoms with Crippen LogP contribution < -0.4 is 64.6 Å². The van der Waals surface area contributed by atoms with Crippen molar-refractivity contribution in [2.24, 2.45) is 23.3 Å². The molecule has 2 fully saturated rings. The van der Waals surface area contributed by atoms with Crippen molar-refractivity contribution < 1.29 is 77.3 Å². The van der Waals surface area contributed by atoms with Crippen molar-refractivity contribution >= 4 is 104 Å². The summed E-state index contributed by atoms with van der Waals surface area (Å²) < 4.78 is 0. The van der Waals surface area contributed by atoms with E-state index in [1.165, 1.54) is 37.5 Å². The summed E-state index contributed by atoms with van der Waals surface area (Å²) in [6, 6.07) is -12.0. The molecule has 0 spiro atoms. The molecule has 2 aliphatic heterocycles. The summed E-state index contributed by atoms with van der Waals surface area (Å²) in [6.45, 7) is 20.7. The van der Waals surface area contributed by atoms with Gasteiger partial charge >= 0.3 is 11.9 Å². The summed E-state index contributed by atoms with van der Waals surface area (Å²) in [5.41, 5.74) is 10.8. The molecule has 0 radical (unpaired) electrons. The number of carbonyl (C=O) groups excluding carboxylic acids is 12. The molecule has 12 atom stereocenters. The van der Waals surface area contributed by atoms with Crippen LogP contribution in [0.5, 0.6) is 0 Å². The molecule has 458 valence electrons. The Kier molecular flexibility index (Phi) is 28.4. The molecule has 16 N–H and O–H groups in total. The fourth-order valence-electron chi connectivity index (χ4n) is 7.94. The van der Waals surface area contributed by atoms with E-state index in [1.807, 2.05) is 0 Å². The highest BCUT2D eigenvalue weighted by molar-refractivity contribution is 8.77. The molecule has 0 aromatic heterocycles. The number of rotatable bonds is 31. The molecule has 2 rings (SSSR count). The van der Waals surface area contributed by atoms with Gasteiger partial charge in [-0.15, -0.1) is 0 Å². The van der Waals surface area contributed by atoms with E-state index in [9.17, 15) is 67.1 Å². The van der Waals surface area contributed by atoms with Crippen LogP contribution in [0.25, 0.3) is 0 Å². The molecule has 82 heavy (non-hydrogen) atoms. The van der Waals surface area contributed by atoms with Gasteiger partial charge in [0, 0.05) is 23.6 Å². The van der Waals surface area contributed by atoms with E-state index in [0.29, 0.717) is 12.8 Å². The first-order valence-corrected chi connectivity index (χ1v) is 28.6. The molecular weight excluding hydrogens is 1120 g/mol. The number of carboxylic acids is 2. The van der Waals surface area contributed by atoms with Gasteiger partial charge in [-0.2, -0.15) is 0 Å². The maximum absolute atomic E-state index is 14.4. The van der Waals surface area contributed by atoms with Gasteiger partial charge in [0.2, 0.25) is 59.1 Å². The van der Waals surface area contributed by atoms with Gasteiger partial charge in [-0.25, -0.2) is 0 Å². The Hall–Kier alpha value is -7.32. The van der Waals surface area contributed by atoms with Crippen molar-refractivity contribution in [1.29, 1.82) is 0 Å². The minimum absolute atomic E-state index is 0.0708. The van der Waals surface area contributed by atoms with Crippen LogP contribution in [-0.2, 0) is 67.1 Å². The van der Waals surface area contributed by atoms with E-state index in [-0.39, 0.29) is 25.9 Å². The minimum atomic E-state index is -1.33. The van der Waals surface area contributed by atoms with Crippen LogP contribution in [0.1, 0.15) is 94.9 Å². The lowest BCUT2D eigenvalue weighted by atomic mass is 10.0. The molecule has 30 nitrogen and oxygen atoms in total. The number of carboxylic acid groups (broad SMARTS) is 2. The highest BCUT2D eigenvalue weighted by Crippen LogP contribution is 2.36. The number of likely N-dealkylation sites (tertiary alicyclic amines) is 2. The third kappa shape index (κ3) is 21.5. The van der Waals surface area contributed by atoms with Gasteiger partial charge in [-0.1, -0.05) is 62.4 Å². The lowest BCUT2D eigenvalue weighted by Gasteiger charge is -2.33. The van der Waals surface area contributed by atoms with E-state index >= 15 is 0 Å². The number of amides is 12. The van der Waals surface area contributed by atoms with E-state index in [4.69, 9.17) is 21.7 Å². The molecule has 2 saturated heterocycles. The topological polar surface area (TPSA) is 458 Å². The van der Waals surface area contributed by atoms with Crippen LogP contribution in [0.4, 0.5) is 0 Å². The van der Waals surface area contributed by atoms with Gasteiger partial charge in [0.05, 0.1) is 36.6 Å². The second-order valence-electron chi connectivity index (χ2n) is 20.5. The predicted molar refractivity (Wildman–Crippen MR) is 299 cm³/mol. The van der Waals surface area contributed by atoms with Crippen LogP contribution in [-0.4, -0.2) is 200 Å². The standard InChI is InChI=1S/C50H80N14O16S2/c1-21(2)35(45(73)57-27(9)49(77)78)59-41(69)25(7)55-33(65)19-53-43(71)31-15-13-17-63(31)47(75)37(61-39(67)23(5)51)29(11)81-82-30(12)38(62-40(68)24(6)52)48(76)64-18-14-16-32(64)44(72)54-20-34(66)56-26(8)42(70)60-36(22(3)4)46(74)58-28(10)50(79)80/h21-24,27-32,35-38H,7-8,13-20,51-52H2,1-6,9-12H3,(H,53,71)(H,54,72)(H,55,65)(H,56,66)(H,57,73)(H,58,74)(H,59,69)(H,60,70)(H,61,67)(H,62,68)(H,77,78)(H,79,80)/t23-,24-,27-,28-,29+,30+,31-,32-,35-,36-,37+,38+/m0/s1. The third-order valence-corrected chi connectivity index (χ3v) is 16.3. The Labute approximate surface area is 482 Å². The second kappa shape index (κ2) is 33.0. The number of nitrogens with zero attached hydrogens (tertiary/aromatic N) is 2. The normalized spacial score (nSPS) is 18.5. The first kappa shape index (κ1) is 70.8. The Morgan fingerprint density at radius 1 is 0.488 bits per heavy atom. The summed E-state index contributed by atoms with van der Waals surface area (Å²) in [6.07, 6.45) is 1.03. The van der Waals surface area contributed by atoms with Crippen molar-refractivity contribution in [3.63, 3.8) is 0 Å². The largest absolute Gasteiger partial charge is 0.480 e. The summed E-state index contributed by atoms with van der Waals surface area (Å²) in [5.74, 6) is -13.2. The number of hydrogen-bond acceptors (Lipinski definition) is 18. The first-order chi connectivity index (χ1) is 38.1. The van der Waals surface area contributed by atoms with Crippen LogP contribution in [0.15, 0.2) is 24.6 Å². The highest BCUT2D eigenvalue weighted by atomic mass is 33.1. The molecule has 12 amide bonds. The maximum Gasteiger partial charge on any atom is 0.325 e. The Morgan fingerprint density at radius 3 is 1.09 bits per heavy atom. The van der Waals surface area contributed by atoms with Gasteiger partial charge in [0.15, 0.2) is 0 Å². The fraction of sp³-hybridized carbons (Fsp3) is 0.640. The Morgan fingerprint density at radius 2 is 0.805 bits per heavy atom. The fourth-order valence-corrected chi connectivity index (χ4v) is 10.6. The highest BCUT2D eigenvalue weighted by Gasteiger charge is 2.43. The van der Waals surface area contributed by atoms with Crippen molar-refractivity contribution in [2.45, 2.75) is 166 Å². The minimum Gasteiger partial charge on any atom is -0.480 e. The molecule has 0 aromatic carbocycles. The van der Waals surface area contributed by atoms with E-state index in [1.54, 1.807) is 41.5 Å². The second-order valence-corrected chi connectivity index (χ2v) is 23.6. The average molecular weight is 1200 g/mol. The maximum atomic E-state index is 14.4. The van der Waals surface area contributed by atoms with Crippen molar-refractivity contribution in [3.8, 4) is 0 Å². The molecule has 32 heteroatoms. The molecule has 2 aliphatic rings. The van der Waals surface area contributed by atoms with Crippen LogP contribution in [0, 0.1) is 11.8 Å². The SMILES string of the molecule is C=C(NC(=O)CNC(=O)[C@@H]1CCCN1C(=O)[C@H](NC(=O)[C@H](C)N)[C@@H](C)SS[C@H](C)[C@@H](NC(=O)[C@H](C)N)C(=O)N1CCC[C@H]1C(=O)NCC(=O)NC(=C)C(=O)N[C@H](C(=O)N[C@@H](C)C(=O)O)C(C)C)C(=O)N[C@H](C(=O)N[C@@H](C)C(=O)O)C(C)C. The summed E-state index contributed by atoms with van der Waals surface area (Å²) in [4.78, 5) is 184. The first-order valence-electron chi connectivity index (χ1n) is 26.4. The third-order valence-electron chi connectivity index (χ3n) is 12.8. The molecule has 0 bridgehead atoms. The van der Waals surface area contributed by atoms with Crippen molar-refractivity contribution in [3.05, 3.63) is 24.6 Å². The van der Waals surface area contributed by atoms with Gasteiger partial charge < -0.3 is 84.6 Å². The van der Waals surface area contributed by atoms with Crippen LogP contribution in [0.2, 0.25) is 0 Å². The summed E-state index contributed by atoms with van der Waals surface area (Å²) in [7, 11) is 2.11. The van der Waals surface area contributed by atoms with Crippen LogP contribution >= 0.6 is 21.6 Å². The van der Waals surface area contributed by atoms with E-state index < -0.39 is 190 Å². The molecule has 0 saturated carbocycles. The zero-order chi connectivity index (χ0) is 62.6. The van der Waals surface area contributed by atoms with Gasteiger partial charge in [0.25, 0.3) is 11.8 Å². The number of nitrogens with two attached hydrogens (primary N) is 2. The van der Waals surface area contributed by atoms with Crippen LogP contribution in [0.3, 0.4) is 0 Å². The van der Waals surface area contributed by atoms with Gasteiger partial charge in [-0.05, 0) is 79.1 Å². The molecular formula is C50H80N14O16S2. The number of nitrogens with one attached hydrogen (secondary N) is 10. The molecule has 0 aliphatic carbocycles. The smallest absolute Gasteiger partial charge is 0.325 e. The summed E-state index contributed by atoms with van der Waals surface area (Å²) in [5, 5.41) is 40.6. The monoisotopic (exact) mass is 1200 g/mol. The number of aliphatic carboxylic acids is 2. The average Bonchev–Trinajstić information content (AvgIpc) is 4.11. The van der Waals surface area contributed by atoms with Crippen molar-refractivity contribution in [2.75, 3.05) is 26.2 Å². The molecule has 2 heterocycles. The Bertz CT molecular complexity index is 2300. The van der Waals surface area contributed by atoms with Gasteiger partial charge in [0.1, 0.15) is 48.3 Å². The van der Waals surface area contributed by atoms with Gasteiger partial charge in [-0.3, -0.25) is 67.1 Å². The zero-order valence-corrected chi connectivity index (χ0v) is 49.3. The Balaban J connectivity index is 2.18. The predicted octanol–water partition coefficient (Wildman–Crippen LogP) is -4.26. The number of carbonyl (C=O) groups is 14.